The largest absolute Gasteiger partial charge is 0.337 e. The van der Waals surface area contributed by atoms with Crippen molar-refractivity contribution in [2.45, 2.75) is 12.5 Å². The van der Waals surface area contributed by atoms with Gasteiger partial charge in [0.05, 0.1) is 5.56 Å². The van der Waals surface area contributed by atoms with Crippen molar-refractivity contribution in [3.8, 4) is 0 Å². The molecule has 1 aromatic rings. The van der Waals surface area contributed by atoms with E-state index in [0.717, 1.165) is 6.42 Å². The zero-order chi connectivity index (χ0) is 10.8. The number of pyridine rings is 1. The Morgan fingerprint density at radius 3 is 2.87 bits per heavy atom. The van der Waals surface area contributed by atoms with Crippen LogP contribution >= 0.6 is 0 Å². The number of rotatable bonds is 1. The number of amides is 1. The Kier molecular flexibility index (Phi) is 2.55. The molecule has 5 heteroatoms. The third-order valence-electron chi connectivity index (χ3n) is 2.54. The van der Waals surface area contributed by atoms with Gasteiger partial charge in [-0.25, -0.2) is 0 Å². The Hall–Kier alpha value is -1.62. The first kappa shape index (κ1) is 9.92. The van der Waals surface area contributed by atoms with Crippen LogP contribution in [-0.4, -0.2) is 34.9 Å². The molecule has 0 unspecified atom stereocenters. The van der Waals surface area contributed by atoms with E-state index < -0.39 is 0 Å². The van der Waals surface area contributed by atoms with Crippen molar-refractivity contribution in [1.82, 2.24) is 9.88 Å². The SMILES string of the molecule is N[C@@H]1CCN(C(=O)c2ccc(=O)[nH]c2)C1. The summed E-state index contributed by atoms with van der Waals surface area (Å²) in [6.45, 7) is 1.29. The lowest BCUT2D eigenvalue weighted by Crippen LogP contribution is -2.32. The van der Waals surface area contributed by atoms with Gasteiger partial charge in [-0.1, -0.05) is 0 Å². The fourth-order valence-corrected chi connectivity index (χ4v) is 1.70. The summed E-state index contributed by atoms with van der Waals surface area (Å²) in [5, 5.41) is 0. The number of nitrogens with two attached hydrogens (primary N) is 1. The van der Waals surface area contributed by atoms with E-state index in [0.29, 0.717) is 18.7 Å². The third kappa shape index (κ3) is 2.07. The van der Waals surface area contributed by atoms with Crippen LogP contribution in [0.2, 0.25) is 0 Å². The molecule has 1 aliphatic heterocycles. The van der Waals surface area contributed by atoms with Crippen molar-refractivity contribution >= 4 is 5.91 Å². The van der Waals surface area contributed by atoms with Gasteiger partial charge in [0.15, 0.2) is 0 Å². The van der Waals surface area contributed by atoms with Gasteiger partial charge in [-0.15, -0.1) is 0 Å². The predicted molar refractivity (Wildman–Crippen MR) is 55.6 cm³/mol. The Morgan fingerprint density at radius 2 is 2.33 bits per heavy atom. The minimum Gasteiger partial charge on any atom is -0.337 e. The Bertz CT molecular complexity index is 406. The van der Waals surface area contributed by atoms with Gasteiger partial charge >= 0.3 is 0 Å². The predicted octanol–water partition coefficient (Wildman–Crippen LogP) is -0.452. The molecule has 5 nitrogen and oxygen atoms in total. The van der Waals surface area contributed by atoms with Crippen LogP contribution in [0.3, 0.4) is 0 Å². The molecular formula is C10H13N3O2. The number of carbonyl (C=O) groups excluding carboxylic acids is 1. The molecule has 2 heterocycles. The van der Waals surface area contributed by atoms with Gasteiger partial charge < -0.3 is 15.6 Å². The van der Waals surface area contributed by atoms with Gasteiger partial charge in [0, 0.05) is 31.4 Å². The first-order valence-electron chi connectivity index (χ1n) is 4.90. The maximum absolute atomic E-state index is 11.9. The van der Waals surface area contributed by atoms with E-state index in [1.807, 2.05) is 0 Å². The molecule has 0 bridgehead atoms. The molecule has 2 rings (SSSR count). The summed E-state index contributed by atoms with van der Waals surface area (Å²) in [6.07, 6.45) is 2.28. The van der Waals surface area contributed by atoms with Crippen LogP contribution in [0.15, 0.2) is 23.1 Å². The second kappa shape index (κ2) is 3.86. The van der Waals surface area contributed by atoms with Gasteiger partial charge in [0.25, 0.3) is 5.91 Å². The first-order valence-corrected chi connectivity index (χ1v) is 4.90. The summed E-state index contributed by atoms with van der Waals surface area (Å²) < 4.78 is 0. The van der Waals surface area contributed by atoms with Gasteiger partial charge in [0.1, 0.15) is 0 Å². The monoisotopic (exact) mass is 207 g/mol. The summed E-state index contributed by atoms with van der Waals surface area (Å²) in [6, 6.07) is 2.96. The van der Waals surface area contributed by atoms with Crippen LogP contribution in [0.4, 0.5) is 0 Å². The third-order valence-corrected chi connectivity index (χ3v) is 2.54. The van der Waals surface area contributed by atoms with Gasteiger partial charge in [-0.3, -0.25) is 9.59 Å². The smallest absolute Gasteiger partial charge is 0.255 e. The lowest BCUT2D eigenvalue weighted by Gasteiger charge is -2.15. The molecule has 1 aromatic heterocycles. The minimum atomic E-state index is -0.204. The Morgan fingerprint density at radius 1 is 1.53 bits per heavy atom. The molecule has 1 amide bonds. The Labute approximate surface area is 86.9 Å². The minimum absolute atomic E-state index is 0.0702. The number of nitrogens with one attached hydrogen (secondary N) is 1. The van der Waals surface area contributed by atoms with Crippen molar-refractivity contribution in [1.29, 1.82) is 0 Å². The topological polar surface area (TPSA) is 79.2 Å². The highest BCUT2D eigenvalue weighted by Crippen LogP contribution is 2.10. The average molecular weight is 207 g/mol. The molecule has 1 aliphatic rings. The number of H-pyrrole nitrogens is 1. The summed E-state index contributed by atoms with van der Waals surface area (Å²) >= 11 is 0. The maximum atomic E-state index is 11.9. The van der Waals surface area contributed by atoms with Crippen LogP contribution in [0, 0.1) is 0 Å². The summed E-state index contributed by atoms with van der Waals surface area (Å²) in [4.78, 5) is 26.9. The molecule has 0 aliphatic carbocycles. The highest BCUT2D eigenvalue weighted by molar-refractivity contribution is 5.94. The molecule has 0 aromatic carbocycles. The first-order chi connectivity index (χ1) is 7.16. The molecule has 80 valence electrons. The summed E-state index contributed by atoms with van der Waals surface area (Å²) in [5.74, 6) is -0.0702. The lowest BCUT2D eigenvalue weighted by atomic mass is 10.2. The molecule has 1 fully saturated rings. The average Bonchev–Trinajstić information content (AvgIpc) is 2.65. The van der Waals surface area contributed by atoms with E-state index in [9.17, 15) is 9.59 Å². The fourth-order valence-electron chi connectivity index (χ4n) is 1.70. The normalized spacial score (nSPS) is 20.6. The van der Waals surface area contributed by atoms with E-state index in [4.69, 9.17) is 5.73 Å². The van der Waals surface area contributed by atoms with Gasteiger partial charge in [-0.05, 0) is 12.5 Å². The van der Waals surface area contributed by atoms with Crippen molar-refractivity contribution in [3.05, 3.63) is 34.2 Å². The van der Waals surface area contributed by atoms with Crippen LogP contribution < -0.4 is 11.3 Å². The van der Waals surface area contributed by atoms with E-state index in [-0.39, 0.29) is 17.5 Å². The van der Waals surface area contributed by atoms with E-state index in [1.165, 1.54) is 18.3 Å². The summed E-state index contributed by atoms with van der Waals surface area (Å²) in [7, 11) is 0. The second-order valence-corrected chi connectivity index (χ2v) is 3.74. The van der Waals surface area contributed by atoms with Crippen molar-refractivity contribution < 1.29 is 4.79 Å². The second-order valence-electron chi connectivity index (χ2n) is 3.74. The van der Waals surface area contributed by atoms with Gasteiger partial charge in [0.2, 0.25) is 5.56 Å². The Balaban J connectivity index is 2.14. The number of likely N-dealkylation sites (tertiary alicyclic amines) is 1. The molecule has 0 spiro atoms. The number of hydrogen-bond acceptors (Lipinski definition) is 3. The number of aromatic amines is 1. The molecule has 3 N–H and O–H groups in total. The van der Waals surface area contributed by atoms with Crippen LogP contribution in [-0.2, 0) is 0 Å². The number of hydrogen-bond donors (Lipinski definition) is 2. The molecule has 1 saturated heterocycles. The fraction of sp³-hybridized carbons (Fsp3) is 0.400. The zero-order valence-electron chi connectivity index (χ0n) is 8.27. The standard InChI is InChI=1S/C10H13N3O2/c11-8-3-4-13(6-8)10(15)7-1-2-9(14)12-5-7/h1-2,5,8H,3-4,6,11H2,(H,12,14)/t8-/m1/s1. The van der Waals surface area contributed by atoms with E-state index in [1.54, 1.807) is 4.90 Å². The van der Waals surface area contributed by atoms with Crippen molar-refractivity contribution in [2.75, 3.05) is 13.1 Å². The zero-order valence-corrected chi connectivity index (χ0v) is 8.27. The molecule has 0 saturated carbocycles. The van der Waals surface area contributed by atoms with Crippen LogP contribution in [0.5, 0.6) is 0 Å². The molecule has 15 heavy (non-hydrogen) atoms. The number of carbonyl (C=O) groups is 1. The lowest BCUT2D eigenvalue weighted by molar-refractivity contribution is 0.0790. The highest BCUT2D eigenvalue weighted by Gasteiger charge is 2.24. The maximum Gasteiger partial charge on any atom is 0.255 e. The molecule has 1 atom stereocenters. The van der Waals surface area contributed by atoms with Gasteiger partial charge in [-0.2, -0.15) is 0 Å². The van der Waals surface area contributed by atoms with Crippen molar-refractivity contribution in [2.24, 2.45) is 5.73 Å². The van der Waals surface area contributed by atoms with Crippen LogP contribution in [0.1, 0.15) is 16.8 Å². The molecule has 0 radical (unpaired) electrons. The quantitative estimate of drug-likeness (QED) is 0.654. The van der Waals surface area contributed by atoms with Crippen molar-refractivity contribution in [3.63, 3.8) is 0 Å². The number of aromatic nitrogens is 1. The van der Waals surface area contributed by atoms with Crippen LogP contribution in [0.25, 0.3) is 0 Å². The van der Waals surface area contributed by atoms with E-state index in [2.05, 4.69) is 4.98 Å². The molecular weight excluding hydrogens is 194 g/mol. The number of nitrogens with zero attached hydrogens (tertiary/aromatic N) is 1. The summed E-state index contributed by atoms with van der Waals surface area (Å²) in [5.41, 5.74) is 6.01. The van der Waals surface area contributed by atoms with E-state index >= 15 is 0 Å². The highest BCUT2D eigenvalue weighted by atomic mass is 16.2.